The molecule has 3 rings (SSSR count). The molecule has 160 valence electrons. The van der Waals surface area contributed by atoms with Gasteiger partial charge in [-0.15, -0.1) is 6.58 Å². The summed E-state index contributed by atoms with van der Waals surface area (Å²) in [7, 11) is 1.66. The standard InChI is InChI=1S/C28H30O3/c1-6-25(20-11-8-7-9-12-20)26(21-15-17-23(30-5)18-16-21)22-13-10-14-24(19-22)31-27(29)28(2,3)4/h6-19,25-26H,1H2,2-5H3. The van der Waals surface area contributed by atoms with Gasteiger partial charge in [-0.25, -0.2) is 0 Å². The second-order valence-electron chi connectivity index (χ2n) is 8.64. The number of rotatable bonds is 7. The smallest absolute Gasteiger partial charge is 0.316 e. The highest BCUT2D eigenvalue weighted by Gasteiger charge is 2.27. The normalized spacial score (nSPS) is 13.2. The van der Waals surface area contributed by atoms with E-state index in [4.69, 9.17) is 9.47 Å². The van der Waals surface area contributed by atoms with Crippen molar-refractivity contribution in [1.29, 1.82) is 0 Å². The average Bonchev–Trinajstić information content (AvgIpc) is 2.77. The van der Waals surface area contributed by atoms with Gasteiger partial charge in [-0.05, 0) is 61.7 Å². The number of methoxy groups -OCH3 is 1. The van der Waals surface area contributed by atoms with E-state index in [2.05, 4.69) is 36.9 Å². The molecule has 0 aromatic heterocycles. The van der Waals surface area contributed by atoms with Gasteiger partial charge in [-0.2, -0.15) is 0 Å². The van der Waals surface area contributed by atoms with Crippen LogP contribution in [0.3, 0.4) is 0 Å². The second kappa shape index (κ2) is 9.65. The van der Waals surface area contributed by atoms with Crippen LogP contribution >= 0.6 is 0 Å². The molecule has 31 heavy (non-hydrogen) atoms. The minimum atomic E-state index is -0.570. The Morgan fingerprint density at radius 2 is 1.48 bits per heavy atom. The van der Waals surface area contributed by atoms with E-state index in [1.165, 1.54) is 5.56 Å². The van der Waals surface area contributed by atoms with Crippen LogP contribution in [0.1, 0.15) is 49.3 Å². The van der Waals surface area contributed by atoms with Crippen LogP contribution in [0.15, 0.2) is 91.5 Å². The maximum absolute atomic E-state index is 12.4. The molecule has 0 radical (unpaired) electrons. The van der Waals surface area contributed by atoms with Crippen LogP contribution in [0.2, 0.25) is 0 Å². The lowest BCUT2D eigenvalue weighted by Crippen LogP contribution is -2.25. The van der Waals surface area contributed by atoms with E-state index < -0.39 is 5.41 Å². The largest absolute Gasteiger partial charge is 0.497 e. The first kappa shape index (κ1) is 22.4. The molecule has 0 aliphatic carbocycles. The number of carbonyl (C=O) groups excluding carboxylic acids is 1. The molecule has 0 saturated heterocycles. The van der Waals surface area contributed by atoms with Crippen molar-refractivity contribution < 1.29 is 14.3 Å². The molecule has 0 aliphatic heterocycles. The Balaban J connectivity index is 2.07. The molecule has 0 spiro atoms. The van der Waals surface area contributed by atoms with Gasteiger partial charge in [0.05, 0.1) is 12.5 Å². The van der Waals surface area contributed by atoms with Gasteiger partial charge in [-0.1, -0.05) is 60.7 Å². The topological polar surface area (TPSA) is 35.5 Å². The van der Waals surface area contributed by atoms with Crippen molar-refractivity contribution in [3.05, 3.63) is 108 Å². The van der Waals surface area contributed by atoms with Crippen molar-refractivity contribution >= 4 is 5.97 Å². The Morgan fingerprint density at radius 3 is 2.06 bits per heavy atom. The summed E-state index contributed by atoms with van der Waals surface area (Å²) < 4.78 is 11.0. The van der Waals surface area contributed by atoms with Gasteiger partial charge in [0.15, 0.2) is 0 Å². The minimum Gasteiger partial charge on any atom is -0.497 e. The van der Waals surface area contributed by atoms with Crippen LogP contribution in [-0.4, -0.2) is 13.1 Å². The Morgan fingerprint density at radius 1 is 0.839 bits per heavy atom. The lowest BCUT2D eigenvalue weighted by atomic mass is 9.77. The fraction of sp³-hybridized carbons (Fsp3) is 0.250. The van der Waals surface area contributed by atoms with Gasteiger partial charge in [0.25, 0.3) is 0 Å². The zero-order valence-electron chi connectivity index (χ0n) is 18.7. The molecule has 0 aliphatic rings. The number of allylic oxidation sites excluding steroid dienone is 1. The van der Waals surface area contributed by atoms with Crippen molar-refractivity contribution in [2.24, 2.45) is 5.41 Å². The molecule has 3 aromatic carbocycles. The first-order valence-corrected chi connectivity index (χ1v) is 10.5. The van der Waals surface area contributed by atoms with E-state index in [1.807, 2.05) is 75.4 Å². The number of carbonyl (C=O) groups is 1. The summed E-state index contributed by atoms with van der Waals surface area (Å²) >= 11 is 0. The van der Waals surface area contributed by atoms with Crippen molar-refractivity contribution in [2.75, 3.05) is 7.11 Å². The Labute approximate surface area is 185 Å². The Hall–Kier alpha value is -3.33. The quantitative estimate of drug-likeness (QED) is 0.244. The lowest BCUT2D eigenvalue weighted by molar-refractivity contribution is -0.143. The van der Waals surface area contributed by atoms with Gasteiger partial charge < -0.3 is 9.47 Å². The molecule has 3 heteroatoms. The van der Waals surface area contributed by atoms with E-state index >= 15 is 0 Å². The summed E-state index contributed by atoms with van der Waals surface area (Å²) in [5, 5.41) is 0. The van der Waals surface area contributed by atoms with Crippen LogP contribution in [0.25, 0.3) is 0 Å². The van der Waals surface area contributed by atoms with Gasteiger partial charge in [0.1, 0.15) is 11.5 Å². The third kappa shape index (κ3) is 5.43. The first-order valence-electron chi connectivity index (χ1n) is 10.5. The van der Waals surface area contributed by atoms with Crippen molar-refractivity contribution in [3.8, 4) is 11.5 Å². The molecule has 0 amide bonds. The molecule has 2 unspecified atom stereocenters. The van der Waals surface area contributed by atoms with Gasteiger partial charge in [0.2, 0.25) is 0 Å². The van der Waals surface area contributed by atoms with Crippen molar-refractivity contribution in [1.82, 2.24) is 0 Å². The summed E-state index contributed by atoms with van der Waals surface area (Å²) in [6.45, 7) is 9.69. The van der Waals surface area contributed by atoms with Crippen LogP contribution in [-0.2, 0) is 4.79 Å². The summed E-state index contributed by atoms with van der Waals surface area (Å²) in [6.07, 6.45) is 1.98. The highest BCUT2D eigenvalue weighted by molar-refractivity contribution is 5.77. The molecule has 0 saturated carbocycles. The molecule has 2 atom stereocenters. The molecule has 0 N–H and O–H groups in total. The number of ether oxygens (including phenoxy) is 2. The first-order chi connectivity index (χ1) is 14.8. The number of hydrogen-bond donors (Lipinski definition) is 0. The summed E-state index contributed by atoms with van der Waals surface area (Å²) in [5.74, 6) is 1.15. The van der Waals surface area contributed by atoms with Gasteiger partial charge >= 0.3 is 5.97 Å². The fourth-order valence-electron chi connectivity index (χ4n) is 3.59. The third-order valence-corrected chi connectivity index (χ3v) is 5.31. The van der Waals surface area contributed by atoms with Crippen LogP contribution in [0.4, 0.5) is 0 Å². The van der Waals surface area contributed by atoms with Gasteiger partial charge in [0, 0.05) is 11.8 Å². The maximum atomic E-state index is 12.4. The minimum absolute atomic E-state index is 0.000838. The maximum Gasteiger partial charge on any atom is 0.316 e. The predicted octanol–water partition coefficient (Wildman–Crippen LogP) is 6.75. The average molecular weight is 415 g/mol. The highest BCUT2D eigenvalue weighted by atomic mass is 16.5. The molecule has 0 bridgehead atoms. The van der Waals surface area contributed by atoms with E-state index in [0.717, 1.165) is 16.9 Å². The number of hydrogen-bond acceptors (Lipinski definition) is 3. The lowest BCUT2D eigenvalue weighted by Gasteiger charge is -2.27. The molecule has 0 fully saturated rings. The van der Waals surface area contributed by atoms with Crippen molar-refractivity contribution in [3.63, 3.8) is 0 Å². The van der Waals surface area contributed by atoms with E-state index in [1.54, 1.807) is 7.11 Å². The monoisotopic (exact) mass is 414 g/mol. The number of esters is 1. The van der Waals surface area contributed by atoms with Crippen LogP contribution in [0, 0.1) is 5.41 Å². The second-order valence-corrected chi connectivity index (χ2v) is 8.64. The van der Waals surface area contributed by atoms with Crippen molar-refractivity contribution in [2.45, 2.75) is 32.6 Å². The van der Waals surface area contributed by atoms with E-state index in [0.29, 0.717) is 5.75 Å². The fourth-order valence-corrected chi connectivity index (χ4v) is 3.59. The summed E-state index contributed by atoms with van der Waals surface area (Å²) in [6, 6.07) is 26.2. The predicted molar refractivity (Wildman–Crippen MR) is 126 cm³/mol. The molecule has 0 heterocycles. The molecule has 3 aromatic rings. The molecule has 3 nitrogen and oxygen atoms in total. The summed E-state index contributed by atoms with van der Waals surface area (Å²) in [4.78, 5) is 12.4. The third-order valence-electron chi connectivity index (χ3n) is 5.31. The van der Waals surface area contributed by atoms with E-state index in [-0.39, 0.29) is 17.8 Å². The van der Waals surface area contributed by atoms with Crippen LogP contribution < -0.4 is 9.47 Å². The molecular formula is C28H30O3. The SMILES string of the molecule is C=CC(c1ccccc1)C(c1ccc(OC)cc1)c1cccc(OC(=O)C(C)(C)C)c1. The highest BCUT2D eigenvalue weighted by Crippen LogP contribution is 2.40. The Bertz CT molecular complexity index is 1010. The zero-order chi connectivity index (χ0) is 22.4. The van der Waals surface area contributed by atoms with Gasteiger partial charge in [-0.3, -0.25) is 4.79 Å². The van der Waals surface area contributed by atoms with Crippen LogP contribution in [0.5, 0.6) is 11.5 Å². The summed E-state index contributed by atoms with van der Waals surface area (Å²) in [5.41, 5.74) is 2.79. The zero-order valence-corrected chi connectivity index (χ0v) is 18.7. The molecular weight excluding hydrogens is 384 g/mol. The number of benzene rings is 3. The van der Waals surface area contributed by atoms with E-state index in [9.17, 15) is 4.79 Å². The Kier molecular flexibility index (Phi) is 6.96.